The van der Waals surface area contributed by atoms with Crippen molar-refractivity contribution in [2.75, 3.05) is 33.4 Å². The number of nitrogens with zero attached hydrogens (tertiary/aromatic N) is 1. The lowest BCUT2D eigenvalue weighted by atomic mass is 9.71. The molecule has 7 heteroatoms. The van der Waals surface area contributed by atoms with Gasteiger partial charge in [-0.15, -0.1) is 0 Å². The second kappa shape index (κ2) is 9.24. The lowest BCUT2D eigenvalue weighted by Crippen LogP contribution is -2.52. The van der Waals surface area contributed by atoms with Gasteiger partial charge in [0.15, 0.2) is 0 Å². The fraction of sp³-hybridized carbons (Fsp3) is 0.500. The minimum Gasteiger partial charge on any atom is -0.472 e. The smallest absolute Gasteiger partial charge is 0.257 e. The molecule has 0 radical (unpaired) electrons. The first-order valence-electron chi connectivity index (χ1n) is 10.9. The first-order valence-corrected chi connectivity index (χ1v) is 10.9. The van der Waals surface area contributed by atoms with Crippen LogP contribution in [0.5, 0.6) is 0 Å². The number of likely N-dealkylation sites (tertiary alicyclic amines) is 1. The van der Waals surface area contributed by atoms with Crippen LogP contribution >= 0.6 is 0 Å². The monoisotopic (exact) mass is 426 g/mol. The molecular formula is C24H30N2O5. The number of hydrogen-bond donors (Lipinski definition) is 1. The van der Waals surface area contributed by atoms with E-state index in [1.54, 1.807) is 13.2 Å². The Balaban J connectivity index is 1.62. The number of furan rings is 1. The number of rotatable bonds is 7. The third kappa shape index (κ3) is 4.00. The Bertz CT molecular complexity index is 902. The summed E-state index contributed by atoms with van der Waals surface area (Å²) in [6.45, 7) is 4.04. The van der Waals surface area contributed by atoms with Crippen LogP contribution in [0, 0.1) is 0 Å². The van der Waals surface area contributed by atoms with E-state index < -0.39 is 0 Å². The van der Waals surface area contributed by atoms with Crippen molar-refractivity contribution in [1.29, 1.82) is 0 Å². The van der Waals surface area contributed by atoms with E-state index in [2.05, 4.69) is 17.4 Å². The molecule has 7 nitrogen and oxygen atoms in total. The highest BCUT2D eigenvalue weighted by Crippen LogP contribution is 2.52. The van der Waals surface area contributed by atoms with Gasteiger partial charge in [-0.2, -0.15) is 0 Å². The summed E-state index contributed by atoms with van der Waals surface area (Å²) in [5, 5.41) is 3.19. The molecule has 2 aromatic rings. The van der Waals surface area contributed by atoms with Gasteiger partial charge in [0.1, 0.15) is 6.26 Å². The van der Waals surface area contributed by atoms with Crippen molar-refractivity contribution < 1.29 is 23.5 Å². The van der Waals surface area contributed by atoms with Crippen molar-refractivity contribution in [2.45, 2.75) is 43.7 Å². The summed E-state index contributed by atoms with van der Waals surface area (Å²) in [5.74, 6) is -0.00710. The molecule has 1 aliphatic heterocycles. The Morgan fingerprint density at radius 2 is 1.97 bits per heavy atom. The van der Waals surface area contributed by atoms with Crippen LogP contribution in [0.4, 0.5) is 0 Å². The van der Waals surface area contributed by atoms with Gasteiger partial charge in [0, 0.05) is 32.0 Å². The number of carbonyl (C=O) groups is 2. The normalized spacial score (nSPS) is 21.8. The molecule has 1 spiro atoms. The van der Waals surface area contributed by atoms with E-state index in [-0.39, 0.29) is 29.4 Å². The predicted molar refractivity (Wildman–Crippen MR) is 115 cm³/mol. The van der Waals surface area contributed by atoms with E-state index in [1.165, 1.54) is 18.1 Å². The van der Waals surface area contributed by atoms with Crippen molar-refractivity contribution in [3.63, 3.8) is 0 Å². The lowest BCUT2D eigenvalue weighted by Gasteiger charge is -2.44. The Morgan fingerprint density at radius 1 is 1.19 bits per heavy atom. The Hall–Kier alpha value is -2.64. The Labute approximate surface area is 182 Å². The molecule has 4 rings (SSSR count). The number of benzene rings is 1. The number of methoxy groups -OCH3 is 1. The highest BCUT2D eigenvalue weighted by Gasteiger charge is 2.54. The summed E-state index contributed by atoms with van der Waals surface area (Å²) in [6.07, 6.45) is 4.76. The van der Waals surface area contributed by atoms with E-state index >= 15 is 0 Å². The van der Waals surface area contributed by atoms with Crippen LogP contribution in [0.25, 0.3) is 0 Å². The first-order chi connectivity index (χ1) is 15.1. The standard InChI is InChI=1S/C24H30N2O5/c1-3-20(27)25-21-18-6-4-5-7-19(18)24(22(21)31-15-14-29-2)9-11-26(12-10-24)23(28)17-8-13-30-16-17/h4-8,13,16,21-22H,3,9-12,14-15H2,1-2H3,(H,25,27)/t21-,22+/m0/s1. The molecule has 0 unspecified atom stereocenters. The molecule has 0 bridgehead atoms. The molecule has 1 aromatic heterocycles. The first kappa shape index (κ1) is 21.6. The minimum atomic E-state index is -0.261. The number of carbonyl (C=O) groups excluding carboxylic acids is 2. The molecule has 166 valence electrons. The number of fused-ring (bicyclic) bond motifs is 2. The Kier molecular flexibility index (Phi) is 6.43. The Morgan fingerprint density at radius 3 is 2.65 bits per heavy atom. The summed E-state index contributed by atoms with van der Waals surface area (Å²) in [5.41, 5.74) is 2.64. The van der Waals surface area contributed by atoms with Crippen molar-refractivity contribution in [2.24, 2.45) is 0 Å². The molecule has 1 aromatic carbocycles. The van der Waals surface area contributed by atoms with Gasteiger partial charge in [0.2, 0.25) is 5.91 Å². The zero-order chi connectivity index (χ0) is 21.8. The van der Waals surface area contributed by atoms with Gasteiger partial charge in [-0.1, -0.05) is 31.2 Å². The van der Waals surface area contributed by atoms with Crippen LogP contribution in [0.3, 0.4) is 0 Å². The number of hydrogen-bond acceptors (Lipinski definition) is 5. The molecule has 1 aliphatic carbocycles. The molecule has 0 saturated carbocycles. The second-order valence-electron chi connectivity index (χ2n) is 8.23. The van der Waals surface area contributed by atoms with Crippen LogP contribution < -0.4 is 5.32 Å². The predicted octanol–water partition coefficient (Wildman–Crippen LogP) is 3.07. The minimum absolute atomic E-state index is 0.00441. The highest BCUT2D eigenvalue weighted by atomic mass is 16.5. The quantitative estimate of drug-likeness (QED) is 0.689. The zero-order valence-electron chi connectivity index (χ0n) is 18.1. The average molecular weight is 427 g/mol. The maximum Gasteiger partial charge on any atom is 0.257 e. The fourth-order valence-corrected chi connectivity index (χ4v) is 5.03. The van der Waals surface area contributed by atoms with Crippen LogP contribution in [0.15, 0.2) is 47.3 Å². The topological polar surface area (TPSA) is 81.0 Å². The van der Waals surface area contributed by atoms with E-state index in [0.717, 1.165) is 18.4 Å². The van der Waals surface area contributed by atoms with Crippen molar-refractivity contribution >= 4 is 11.8 Å². The van der Waals surface area contributed by atoms with Crippen LogP contribution in [-0.4, -0.2) is 56.2 Å². The average Bonchev–Trinajstić information content (AvgIpc) is 3.42. The van der Waals surface area contributed by atoms with Gasteiger partial charge in [-0.05, 0) is 30.0 Å². The third-order valence-corrected chi connectivity index (χ3v) is 6.61. The van der Waals surface area contributed by atoms with Gasteiger partial charge in [-0.25, -0.2) is 0 Å². The van der Waals surface area contributed by atoms with Crippen LogP contribution in [0.1, 0.15) is 53.7 Å². The molecule has 1 saturated heterocycles. The van der Waals surface area contributed by atoms with E-state index in [4.69, 9.17) is 13.9 Å². The van der Waals surface area contributed by atoms with Gasteiger partial charge >= 0.3 is 0 Å². The number of nitrogens with one attached hydrogen (secondary N) is 1. The van der Waals surface area contributed by atoms with Gasteiger partial charge < -0.3 is 24.1 Å². The van der Waals surface area contributed by atoms with Crippen molar-refractivity contribution in [3.05, 3.63) is 59.5 Å². The summed E-state index contributed by atoms with van der Waals surface area (Å²) < 4.78 is 16.7. The molecule has 1 fully saturated rings. The van der Waals surface area contributed by atoms with E-state index in [1.807, 2.05) is 24.0 Å². The molecular weight excluding hydrogens is 396 g/mol. The SMILES string of the molecule is CCC(=O)N[C@H]1c2ccccc2C2(CCN(C(=O)c3ccoc3)CC2)[C@@H]1OCCOC. The van der Waals surface area contributed by atoms with Gasteiger partial charge in [0.05, 0.1) is 37.2 Å². The number of piperidine rings is 1. The lowest BCUT2D eigenvalue weighted by molar-refractivity contribution is -0.123. The third-order valence-electron chi connectivity index (χ3n) is 6.61. The second-order valence-corrected chi connectivity index (χ2v) is 8.23. The van der Waals surface area contributed by atoms with Gasteiger partial charge in [-0.3, -0.25) is 9.59 Å². The highest BCUT2D eigenvalue weighted by molar-refractivity contribution is 5.93. The number of ether oxygens (including phenoxy) is 2. The molecule has 1 N–H and O–H groups in total. The fourth-order valence-electron chi connectivity index (χ4n) is 5.03. The summed E-state index contributed by atoms with van der Waals surface area (Å²) in [4.78, 5) is 27.0. The molecule has 2 atom stereocenters. The van der Waals surface area contributed by atoms with Crippen molar-refractivity contribution in [3.8, 4) is 0 Å². The van der Waals surface area contributed by atoms with Crippen LogP contribution in [-0.2, 0) is 19.7 Å². The summed E-state index contributed by atoms with van der Waals surface area (Å²) in [6, 6.07) is 9.77. The maximum absolute atomic E-state index is 12.8. The zero-order valence-corrected chi connectivity index (χ0v) is 18.1. The van der Waals surface area contributed by atoms with E-state index in [0.29, 0.717) is 38.3 Å². The largest absolute Gasteiger partial charge is 0.472 e. The van der Waals surface area contributed by atoms with E-state index in [9.17, 15) is 9.59 Å². The van der Waals surface area contributed by atoms with Crippen LogP contribution in [0.2, 0.25) is 0 Å². The summed E-state index contributed by atoms with van der Waals surface area (Å²) in [7, 11) is 1.65. The maximum atomic E-state index is 12.8. The van der Waals surface area contributed by atoms with Gasteiger partial charge in [0.25, 0.3) is 5.91 Å². The number of amides is 2. The molecule has 2 aliphatic rings. The molecule has 2 heterocycles. The summed E-state index contributed by atoms with van der Waals surface area (Å²) >= 11 is 0. The van der Waals surface area contributed by atoms with Crippen molar-refractivity contribution in [1.82, 2.24) is 10.2 Å². The molecule has 31 heavy (non-hydrogen) atoms. The molecule has 2 amide bonds.